The maximum Gasteiger partial charge on any atom is 0.407 e. The molecule has 4 amide bonds. The minimum atomic E-state index is -1.10. The van der Waals surface area contributed by atoms with Crippen LogP contribution in [0, 0.1) is 6.92 Å². The number of hydrogen-bond acceptors (Lipinski definition) is 8. The van der Waals surface area contributed by atoms with E-state index in [4.69, 9.17) is 16.3 Å². The molecule has 0 aliphatic carbocycles. The number of nitrogens with zero attached hydrogens (tertiary/aromatic N) is 4. The van der Waals surface area contributed by atoms with E-state index in [-0.39, 0.29) is 36.6 Å². The average Bonchev–Trinajstić information content (AvgIpc) is 3.59. The number of rotatable bonds is 12. The minimum absolute atomic E-state index is 0.0735. The summed E-state index contributed by atoms with van der Waals surface area (Å²) in [5, 5.41) is 19.5. The topological polar surface area (TPSA) is 166 Å². The van der Waals surface area contributed by atoms with Gasteiger partial charge < -0.3 is 35.6 Å². The largest absolute Gasteiger partial charge is 0.496 e. The first-order valence-corrected chi connectivity index (χ1v) is 18.3. The number of pyridine rings is 2. The highest BCUT2D eigenvalue weighted by Crippen LogP contribution is 2.39. The molecule has 2 aromatic heterocycles. The summed E-state index contributed by atoms with van der Waals surface area (Å²) < 4.78 is 5.77. The van der Waals surface area contributed by atoms with Crippen LogP contribution in [0.4, 0.5) is 10.5 Å². The van der Waals surface area contributed by atoms with Gasteiger partial charge in [0.05, 0.1) is 24.4 Å². The Morgan fingerprint density at radius 1 is 1.06 bits per heavy atom. The number of likely N-dealkylation sites (tertiary alicyclic amines) is 1. The lowest BCUT2D eigenvalue weighted by atomic mass is 9.97. The summed E-state index contributed by atoms with van der Waals surface area (Å²) in [5.41, 5.74) is 6.13. The molecule has 0 bridgehead atoms. The Morgan fingerprint density at radius 2 is 1.85 bits per heavy atom. The molecule has 282 valence electrons. The monoisotopic (exact) mass is 753 g/mol. The fourth-order valence-corrected chi connectivity index (χ4v) is 7.28. The molecule has 4 aromatic rings. The van der Waals surface area contributed by atoms with Crippen molar-refractivity contribution in [2.45, 2.75) is 64.7 Å². The van der Waals surface area contributed by atoms with Crippen LogP contribution in [0.1, 0.15) is 59.8 Å². The van der Waals surface area contributed by atoms with Gasteiger partial charge in [0.25, 0.3) is 5.91 Å². The average molecular weight is 754 g/mol. The van der Waals surface area contributed by atoms with E-state index in [0.717, 1.165) is 53.7 Å². The number of nitrogens with one attached hydrogen (secondary N) is 3. The van der Waals surface area contributed by atoms with Crippen molar-refractivity contribution >= 4 is 41.1 Å². The van der Waals surface area contributed by atoms with Gasteiger partial charge in [-0.1, -0.05) is 41.9 Å². The Labute approximate surface area is 319 Å². The predicted molar refractivity (Wildman–Crippen MR) is 205 cm³/mol. The maximum absolute atomic E-state index is 13.3. The maximum atomic E-state index is 13.3. The number of carbonyl (C=O) groups excluding carboxylic acids is 3. The van der Waals surface area contributed by atoms with Gasteiger partial charge in [-0.3, -0.25) is 24.4 Å². The number of benzene rings is 2. The van der Waals surface area contributed by atoms with Crippen LogP contribution in [0.5, 0.6) is 5.75 Å². The van der Waals surface area contributed by atoms with Crippen LogP contribution in [0.2, 0.25) is 5.02 Å². The van der Waals surface area contributed by atoms with Crippen molar-refractivity contribution in [3.05, 3.63) is 94.4 Å². The second-order valence-electron chi connectivity index (χ2n) is 13.7. The zero-order valence-corrected chi connectivity index (χ0v) is 31.3. The lowest BCUT2D eigenvalue weighted by Gasteiger charge is -2.32. The normalized spacial score (nSPS) is 15.8. The summed E-state index contributed by atoms with van der Waals surface area (Å²) in [5.74, 6) is 0.330. The second-order valence-corrected chi connectivity index (χ2v) is 14.0. The van der Waals surface area contributed by atoms with E-state index >= 15 is 0 Å². The number of carbonyl (C=O) groups is 4. The zero-order valence-electron chi connectivity index (χ0n) is 30.5. The molecule has 0 saturated carbocycles. The summed E-state index contributed by atoms with van der Waals surface area (Å²) in [6, 6.07) is 16.7. The molecule has 1 atom stereocenters. The van der Waals surface area contributed by atoms with Gasteiger partial charge in [-0.05, 0) is 67.1 Å². The van der Waals surface area contributed by atoms with Crippen LogP contribution in [0.3, 0.4) is 0 Å². The molecular weight excluding hydrogens is 710 g/mol. The van der Waals surface area contributed by atoms with Crippen LogP contribution in [-0.2, 0) is 22.7 Å². The number of carboxylic acid groups (broad SMARTS) is 1. The van der Waals surface area contributed by atoms with Gasteiger partial charge in [0, 0.05) is 86.4 Å². The van der Waals surface area contributed by atoms with Crippen LogP contribution < -0.4 is 20.7 Å². The van der Waals surface area contributed by atoms with Crippen molar-refractivity contribution in [3.63, 3.8) is 0 Å². The highest BCUT2D eigenvalue weighted by atomic mass is 35.5. The molecule has 4 N–H and O–H groups in total. The molecule has 0 spiro atoms. The summed E-state index contributed by atoms with van der Waals surface area (Å²) in [7, 11) is 1.64. The Hall–Kier alpha value is -5.53. The van der Waals surface area contributed by atoms with Gasteiger partial charge in [-0.2, -0.15) is 0 Å². The highest BCUT2D eigenvalue weighted by molar-refractivity contribution is 6.35. The van der Waals surface area contributed by atoms with E-state index in [1.807, 2.05) is 48.2 Å². The molecule has 1 unspecified atom stereocenters. The Balaban J connectivity index is 1.13. The number of hydrogen-bond donors (Lipinski definition) is 4. The van der Waals surface area contributed by atoms with Crippen LogP contribution in [-0.4, -0.2) is 87.5 Å². The predicted octanol–water partition coefficient (Wildman–Crippen LogP) is 5.89. The third-order valence-corrected chi connectivity index (χ3v) is 10.5. The Bertz CT molecular complexity index is 2030. The number of aromatic nitrogens is 2. The highest BCUT2D eigenvalue weighted by Gasteiger charge is 2.26. The number of ether oxygens (including phenoxy) is 1. The third-order valence-electron chi connectivity index (χ3n) is 10.1. The van der Waals surface area contributed by atoms with Crippen molar-refractivity contribution in [1.29, 1.82) is 0 Å². The van der Waals surface area contributed by atoms with Gasteiger partial charge in [-0.25, -0.2) is 4.79 Å². The molecule has 2 aromatic carbocycles. The van der Waals surface area contributed by atoms with Crippen molar-refractivity contribution in [3.8, 4) is 28.1 Å². The van der Waals surface area contributed by atoms with Crippen molar-refractivity contribution in [2.75, 3.05) is 32.1 Å². The fourth-order valence-electron chi connectivity index (χ4n) is 6.96. The smallest absolute Gasteiger partial charge is 0.407 e. The third kappa shape index (κ3) is 8.97. The van der Waals surface area contributed by atoms with Crippen LogP contribution in [0.25, 0.3) is 22.4 Å². The van der Waals surface area contributed by atoms with Gasteiger partial charge in [0.1, 0.15) is 11.4 Å². The number of methoxy groups -OCH3 is 1. The molecule has 6 rings (SSSR count). The van der Waals surface area contributed by atoms with Crippen LogP contribution >= 0.6 is 11.6 Å². The summed E-state index contributed by atoms with van der Waals surface area (Å²) in [6.07, 6.45) is 4.87. The molecule has 2 saturated heterocycles. The van der Waals surface area contributed by atoms with Crippen LogP contribution in [0.15, 0.2) is 67.0 Å². The minimum Gasteiger partial charge on any atom is -0.496 e. The zero-order chi connectivity index (χ0) is 38.4. The molecular formula is C40H44ClN7O6. The van der Waals surface area contributed by atoms with Gasteiger partial charge in [0.15, 0.2) is 0 Å². The van der Waals surface area contributed by atoms with Gasteiger partial charge in [0.2, 0.25) is 11.8 Å². The molecule has 13 nitrogen and oxygen atoms in total. The van der Waals surface area contributed by atoms with E-state index in [1.54, 1.807) is 38.4 Å². The number of amides is 4. The molecule has 54 heavy (non-hydrogen) atoms. The SMILES string of the molecule is COc1cc(-c2nccc(-c3cccc(NC(=O)c4ccc(CN(CC5CCC(=O)N5)C(=O)O)cn4)c3C)c2Cl)ccc1CNC1CCN(C(C)=O)CC1. The Morgan fingerprint density at radius 3 is 2.52 bits per heavy atom. The lowest BCUT2D eigenvalue weighted by Crippen LogP contribution is -2.43. The van der Waals surface area contributed by atoms with E-state index in [2.05, 4.69) is 25.9 Å². The van der Waals surface area contributed by atoms with E-state index in [1.165, 1.54) is 11.1 Å². The lowest BCUT2D eigenvalue weighted by molar-refractivity contribution is -0.130. The summed E-state index contributed by atoms with van der Waals surface area (Å²) in [4.78, 5) is 60.4. The fraction of sp³-hybridized carbons (Fsp3) is 0.350. The number of anilines is 1. The van der Waals surface area contributed by atoms with E-state index in [9.17, 15) is 24.3 Å². The second kappa shape index (κ2) is 17.1. The van der Waals surface area contributed by atoms with Gasteiger partial charge in [-0.15, -0.1) is 0 Å². The molecule has 4 heterocycles. The molecule has 2 fully saturated rings. The number of piperidine rings is 1. The van der Waals surface area contributed by atoms with E-state index < -0.39 is 12.0 Å². The molecule has 2 aliphatic heterocycles. The van der Waals surface area contributed by atoms with E-state index in [0.29, 0.717) is 53.1 Å². The Kier molecular flexibility index (Phi) is 12.1. The molecule has 0 radical (unpaired) electrons. The quantitative estimate of drug-likeness (QED) is 0.138. The van der Waals surface area contributed by atoms with Gasteiger partial charge >= 0.3 is 6.09 Å². The summed E-state index contributed by atoms with van der Waals surface area (Å²) in [6.45, 7) is 5.89. The molecule has 2 aliphatic rings. The first-order valence-electron chi connectivity index (χ1n) is 17.9. The first kappa shape index (κ1) is 38.2. The van der Waals surface area contributed by atoms with Crippen molar-refractivity contribution < 1.29 is 29.0 Å². The van der Waals surface area contributed by atoms with Crippen molar-refractivity contribution in [2.24, 2.45) is 0 Å². The first-order chi connectivity index (χ1) is 26.0. The molecule has 14 heteroatoms. The van der Waals surface area contributed by atoms with Crippen molar-refractivity contribution in [1.82, 2.24) is 30.4 Å². The number of halogens is 1. The standard InChI is InChI=1S/C40H44ClN7O6/c1-24-31(5-4-6-33(24)46-39(51)34-11-7-26(20-44-34)22-48(40(52)53)23-30-10-12-36(50)45-30)32-13-16-42-38(37(32)41)27-8-9-28(35(19-27)54-3)21-43-29-14-17-47(18-15-29)25(2)49/h4-9,11,13,16,19-20,29-30,43H,10,12,14-15,17-18,21-23H2,1-3H3,(H,45,50)(H,46,51)(H,52,53). The summed E-state index contributed by atoms with van der Waals surface area (Å²) >= 11 is 7.06.